The average molecular weight is 359 g/mol. The summed E-state index contributed by atoms with van der Waals surface area (Å²) < 4.78 is 8.70. The molecule has 0 radical (unpaired) electrons. The Morgan fingerprint density at radius 3 is 2.88 bits per heavy atom. The minimum absolute atomic E-state index is 0.0133. The number of fused-ring (bicyclic) bond motifs is 1. The Morgan fingerprint density at radius 1 is 1.40 bits per heavy atom. The summed E-state index contributed by atoms with van der Waals surface area (Å²) in [6.45, 7) is 6.51. The summed E-state index contributed by atoms with van der Waals surface area (Å²) in [7, 11) is 1.66. The summed E-state index contributed by atoms with van der Waals surface area (Å²) in [5.41, 5.74) is 2.35. The molecule has 0 aliphatic rings. The predicted molar refractivity (Wildman–Crippen MR) is 98.7 cm³/mol. The van der Waals surface area contributed by atoms with E-state index in [1.165, 1.54) is 22.2 Å². The molecule has 132 valence electrons. The average Bonchev–Trinajstić information content (AvgIpc) is 3.15. The quantitative estimate of drug-likeness (QED) is 0.635. The molecule has 0 amide bonds. The number of ketones is 1. The highest BCUT2D eigenvalue weighted by Gasteiger charge is 2.19. The van der Waals surface area contributed by atoms with Crippen molar-refractivity contribution in [1.29, 1.82) is 0 Å². The topological polar surface area (TPSA) is 66.1 Å². The maximum atomic E-state index is 12.8. The molecule has 0 aromatic carbocycles. The first-order chi connectivity index (χ1) is 11.9. The molecule has 0 saturated carbocycles. The second-order valence-electron chi connectivity index (χ2n) is 6.20. The summed E-state index contributed by atoms with van der Waals surface area (Å²) >= 11 is 1.42. The van der Waals surface area contributed by atoms with Gasteiger partial charge in [0.1, 0.15) is 4.83 Å². The van der Waals surface area contributed by atoms with Gasteiger partial charge < -0.3 is 9.30 Å². The molecule has 0 aliphatic heterocycles. The van der Waals surface area contributed by atoms with E-state index >= 15 is 0 Å². The number of aromatic nitrogens is 3. The molecule has 25 heavy (non-hydrogen) atoms. The van der Waals surface area contributed by atoms with E-state index in [0.717, 1.165) is 11.4 Å². The third kappa shape index (κ3) is 3.17. The maximum Gasteiger partial charge on any atom is 0.262 e. The highest BCUT2D eigenvalue weighted by Crippen LogP contribution is 2.21. The van der Waals surface area contributed by atoms with Crippen LogP contribution in [0.25, 0.3) is 10.2 Å². The van der Waals surface area contributed by atoms with Crippen LogP contribution in [0.1, 0.15) is 34.7 Å². The Labute approximate surface area is 149 Å². The highest BCUT2D eigenvalue weighted by molar-refractivity contribution is 7.16. The van der Waals surface area contributed by atoms with Crippen molar-refractivity contribution in [3.63, 3.8) is 0 Å². The summed E-state index contributed by atoms with van der Waals surface area (Å²) in [6, 6.07) is 3.76. The molecule has 0 spiro atoms. The molecular weight excluding hydrogens is 338 g/mol. The molecule has 7 heteroatoms. The third-order valence-corrected chi connectivity index (χ3v) is 5.22. The van der Waals surface area contributed by atoms with Gasteiger partial charge in [0, 0.05) is 24.1 Å². The molecule has 3 aromatic rings. The normalized spacial score (nSPS) is 12.6. The number of ether oxygens (including phenoxy) is 1. The zero-order valence-electron chi connectivity index (χ0n) is 14.8. The summed E-state index contributed by atoms with van der Waals surface area (Å²) in [4.78, 5) is 30.2. The largest absolute Gasteiger partial charge is 0.383 e. The molecule has 0 fully saturated rings. The SMILES string of the molecule is COC[C@H](C)n1c(C)cc(C(=O)Cn2cnc3sccc3c2=O)c1C. The van der Waals surface area contributed by atoms with E-state index in [4.69, 9.17) is 4.74 Å². The maximum absolute atomic E-state index is 12.8. The molecule has 6 nitrogen and oxygen atoms in total. The Kier molecular flexibility index (Phi) is 4.87. The van der Waals surface area contributed by atoms with Gasteiger partial charge in [-0.05, 0) is 38.3 Å². The van der Waals surface area contributed by atoms with E-state index in [1.807, 2.05) is 25.3 Å². The Bertz CT molecular complexity index is 983. The smallest absolute Gasteiger partial charge is 0.262 e. The number of carbonyl (C=O) groups excluding carboxylic acids is 1. The van der Waals surface area contributed by atoms with Gasteiger partial charge >= 0.3 is 0 Å². The van der Waals surface area contributed by atoms with Crippen LogP contribution in [0.15, 0.2) is 28.6 Å². The summed E-state index contributed by atoms with van der Waals surface area (Å²) in [6.07, 6.45) is 1.45. The summed E-state index contributed by atoms with van der Waals surface area (Å²) in [5.74, 6) is -0.0950. The monoisotopic (exact) mass is 359 g/mol. The number of thiophene rings is 1. The number of hydrogen-bond donors (Lipinski definition) is 0. The van der Waals surface area contributed by atoms with Gasteiger partial charge in [0.25, 0.3) is 5.56 Å². The van der Waals surface area contributed by atoms with Gasteiger partial charge in [0.05, 0.1) is 30.9 Å². The van der Waals surface area contributed by atoms with Gasteiger partial charge in [-0.3, -0.25) is 14.2 Å². The van der Waals surface area contributed by atoms with Crippen LogP contribution in [0.4, 0.5) is 0 Å². The molecule has 3 heterocycles. The molecule has 3 rings (SSSR count). The lowest BCUT2D eigenvalue weighted by atomic mass is 10.1. The predicted octanol–water partition coefficient (Wildman–Crippen LogP) is 2.97. The lowest BCUT2D eigenvalue weighted by Gasteiger charge is -2.17. The molecular formula is C18H21N3O3S. The van der Waals surface area contributed by atoms with Crippen LogP contribution in [0.2, 0.25) is 0 Å². The standard InChI is InChI=1S/C18H21N3O3S/c1-11-7-15(13(3)21(11)12(2)9-24-4)16(22)8-20-10-19-17-14(18(20)23)5-6-25-17/h5-7,10,12H,8-9H2,1-4H3/t12-/m0/s1. The Balaban J connectivity index is 1.92. The molecule has 0 N–H and O–H groups in total. The minimum atomic E-state index is -0.179. The van der Waals surface area contributed by atoms with Crippen molar-refractivity contribution >= 4 is 27.3 Å². The second-order valence-corrected chi connectivity index (χ2v) is 7.09. The Morgan fingerprint density at radius 2 is 2.16 bits per heavy atom. The molecule has 0 aliphatic carbocycles. The van der Waals surface area contributed by atoms with Crippen molar-refractivity contribution in [2.24, 2.45) is 0 Å². The number of rotatable bonds is 6. The fourth-order valence-corrected chi connectivity index (χ4v) is 4.02. The van der Waals surface area contributed by atoms with Crippen LogP contribution in [-0.2, 0) is 11.3 Å². The number of aryl methyl sites for hydroxylation is 1. The zero-order valence-corrected chi connectivity index (χ0v) is 15.6. The lowest BCUT2D eigenvalue weighted by molar-refractivity contribution is 0.0969. The number of Topliss-reactive ketones (excluding diaryl/α,β-unsaturated/α-hetero) is 1. The number of methoxy groups -OCH3 is 1. The van der Waals surface area contributed by atoms with Crippen LogP contribution >= 0.6 is 11.3 Å². The molecule has 0 unspecified atom stereocenters. The van der Waals surface area contributed by atoms with Crippen molar-refractivity contribution in [3.05, 3.63) is 51.1 Å². The fourth-order valence-electron chi connectivity index (χ4n) is 3.30. The molecule has 1 atom stereocenters. The van der Waals surface area contributed by atoms with Gasteiger partial charge in [0.15, 0.2) is 5.78 Å². The van der Waals surface area contributed by atoms with E-state index in [2.05, 4.69) is 16.5 Å². The first kappa shape index (κ1) is 17.6. The van der Waals surface area contributed by atoms with Crippen molar-refractivity contribution in [2.45, 2.75) is 33.4 Å². The van der Waals surface area contributed by atoms with E-state index in [1.54, 1.807) is 13.2 Å². The van der Waals surface area contributed by atoms with Crippen LogP contribution in [0.3, 0.4) is 0 Å². The molecule has 0 saturated heterocycles. The van der Waals surface area contributed by atoms with E-state index in [9.17, 15) is 9.59 Å². The molecule has 0 bridgehead atoms. The Hall–Kier alpha value is -2.25. The number of hydrogen-bond acceptors (Lipinski definition) is 5. The van der Waals surface area contributed by atoms with Gasteiger partial charge in [-0.1, -0.05) is 0 Å². The molecule has 3 aromatic heterocycles. The van der Waals surface area contributed by atoms with Crippen molar-refractivity contribution in [2.75, 3.05) is 13.7 Å². The van der Waals surface area contributed by atoms with E-state index < -0.39 is 0 Å². The van der Waals surface area contributed by atoms with Crippen LogP contribution < -0.4 is 5.56 Å². The van der Waals surface area contributed by atoms with Gasteiger partial charge in [-0.25, -0.2) is 4.98 Å². The number of nitrogens with zero attached hydrogens (tertiary/aromatic N) is 3. The fraction of sp³-hybridized carbons (Fsp3) is 0.389. The highest BCUT2D eigenvalue weighted by atomic mass is 32.1. The van der Waals surface area contributed by atoms with Crippen molar-refractivity contribution in [1.82, 2.24) is 14.1 Å². The van der Waals surface area contributed by atoms with Crippen molar-refractivity contribution in [3.8, 4) is 0 Å². The van der Waals surface area contributed by atoms with Crippen molar-refractivity contribution < 1.29 is 9.53 Å². The van der Waals surface area contributed by atoms with Gasteiger partial charge in [0.2, 0.25) is 0 Å². The summed E-state index contributed by atoms with van der Waals surface area (Å²) in [5, 5.41) is 2.38. The first-order valence-corrected chi connectivity index (χ1v) is 8.95. The van der Waals surface area contributed by atoms with Gasteiger partial charge in [-0.2, -0.15) is 0 Å². The first-order valence-electron chi connectivity index (χ1n) is 8.07. The lowest BCUT2D eigenvalue weighted by Crippen LogP contribution is -2.24. The second kappa shape index (κ2) is 6.93. The van der Waals surface area contributed by atoms with E-state index in [-0.39, 0.29) is 23.9 Å². The van der Waals surface area contributed by atoms with E-state index in [0.29, 0.717) is 22.4 Å². The van der Waals surface area contributed by atoms with Crippen LogP contribution in [0, 0.1) is 13.8 Å². The zero-order chi connectivity index (χ0) is 18.1. The van der Waals surface area contributed by atoms with Gasteiger partial charge in [-0.15, -0.1) is 11.3 Å². The third-order valence-electron chi connectivity index (χ3n) is 4.40. The minimum Gasteiger partial charge on any atom is -0.383 e. The number of carbonyl (C=O) groups is 1. The van der Waals surface area contributed by atoms with Crippen LogP contribution in [0.5, 0.6) is 0 Å². The van der Waals surface area contributed by atoms with Crippen LogP contribution in [-0.4, -0.2) is 33.6 Å².